The summed E-state index contributed by atoms with van der Waals surface area (Å²) in [7, 11) is 3.81. The van der Waals surface area contributed by atoms with Crippen molar-refractivity contribution in [1.29, 1.82) is 0 Å². The van der Waals surface area contributed by atoms with Crippen LogP contribution in [0, 0.1) is 6.92 Å². The molecule has 0 amide bonds. The van der Waals surface area contributed by atoms with Crippen LogP contribution in [-0.2, 0) is 0 Å². The van der Waals surface area contributed by atoms with E-state index >= 15 is 0 Å². The van der Waals surface area contributed by atoms with E-state index in [0.29, 0.717) is 5.89 Å². The standard InChI is InChI=1S/C20H29NOS2/c1-3-4-5-6-7-8-9-10-16-23-24-19-17(2)12-11-13-18(19)20-21-14-15-22-20/h11-15H,3-10,16H2,1-2H3. The van der Waals surface area contributed by atoms with Crippen LogP contribution in [0.3, 0.4) is 0 Å². The fraction of sp³-hybridized carbons (Fsp3) is 0.550. The molecular weight excluding hydrogens is 334 g/mol. The molecule has 0 aliphatic heterocycles. The zero-order valence-corrected chi connectivity index (χ0v) is 16.6. The van der Waals surface area contributed by atoms with Crippen molar-refractivity contribution in [3.63, 3.8) is 0 Å². The number of unbranched alkanes of at least 4 members (excludes halogenated alkanes) is 7. The van der Waals surface area contributed by atoms with Crippen LogP contribution in [0.1, 0.15) is 63.9 Å². The van der Waals surface area contributed by atoms with Crippen molar-refractivity contribution in [2.75, 3.05) is 5.75 Å². The van der Waals surface area contributed by atoms with Gasteiger partial charge in [-0.3, -0.25) is 0 Å². The number of rotatable bonds is 12. The van der Waals surface area contributed by atoms with E-state index in [0.717, 1.165) is 5.56 Å². The maximum absolute atomic E-state index is 5.48. The van der Waals surface area contributed by atoms with Crippen molar-refractivity contribution in [2.45, 2.75) is 70.1 Å². The van der Waals surface area contributed by atoms with Gasteiger partial charge in [0.1, 0.15) is 6.26 Å². The second-order valence-corrected chi connectivity index (χ2v) is 8.60. The summed E-state index contributed by atoms with van der Waals surface area (Å²) in [6.45, 7) is 4.43. The lowest BCUT2D eigenvalue weighted by Crippen LogP contribution is -1.86. The molecule has 0 saturated carbocycles. The predicted octanol–water partition coefficient (Wildman–Crippen LogP) is 7.53. The Bertz CT molecular complexity index is 569. The van der Waals surface area contributed by atoms with Crippen molar-refractivity contribution < 1.29 is 4.42 Å². The normalized spacial score (nSPS) is 11.1. The zero-order valence-electron chi connectivity index (χ0n) is 14.9. The van der Waals surface area contributed by atoms with Gasteiger partial charge in [0.2, 0.25) is 5.89 Å². The Morgan fingerprint density at radius 1 is 1.00 bits per heavy atom. The quantitative estimate of drug-likeness (QED) is 0.287. The number of hydrogen-bond acceptors (Lipinski definition) is 4. The van der Waals surface area contributed by atoms with Crippen molar-refractivity contribution >= 4 is 21.6 Å². The first kappa shape index (κ1) is 19.5. The van der Waals surface area contributed by atoms with Crippen LogP contribution in [0.15, 0.2) is 40.0 Å². The first-order valence-electron chi connectivity index (χ1n) is 9.12. The summed E-state index contributed by atoms with van der Waals surface area (Å²) in [6, 6.07) is 6.33. The maximum atomic E-state index is 5.48. The molecule has 0 aliphatic carbocycles. The van der Waals surface area contributed by atoms with E-state index in [1.54, 1.807) is 12.5 Å². The lowest BCUT2D eigenvalue weighted by molar-refractivity contribution is 0.573. The molecule has 1 aromatic heterocycles. The molecule has 4 heteroatoms. The van der Waals surface area contributed by atoms with E-state index in [2.05, 4.69) is 37.0 Å². The summed E-state index contributed by atoms with van der Waals surface area (Å²) in [6.07, 6.45) is 14.4. The minimum Gasteiger partial charge on any atom is -0.444 e. The fourth-order valence-electron chi connectivity index (χ4n) is 2.68. The highest BCUT2D eigenvalue weighted by atomic mass is 33.1. The van der Waals surface area contributed by atoms with Crippen LogP contribution >= 0.6 is 21.6 Å². The molecule has 132 valence electrons. The summed E-state index contributed by atoms with van der Waals surface area (Å²) in [5, 5.41) is 0. The van der Waals surface area contributed by atoms with Gasteiger partial charge in [-0.05, 0) is 25.0 Å². The average Bonchev–Trinajstić information content (AvgIpc) is 3.12. The number of aryl methyl sites for hydroxylation is 1. The molecule has 0 radical (unpaired) electrons. The van der Waals surface area contributed by atoms with Gasteiger partial charge in [-0.1, -0.05) is 85.6 Å². The lowest BCUT2D eigenvalue weighted by Gasteiger charge is -2.09. The molecule has 0 aliphatic rings. The van der Waals surface area contributed by atoms with Crippen LogP contribution in [0.4, 0.5) is 0 Å². The van der Waals surface area contributed by atoms with E-state index in [1.165, 1.54) is 67.6 Å². The number of hydrogen-bond donors (Lipinski definition) is 0. The number of aromatic nitrogens is 1. The third kappa shape index (κ3) is 6.56. The smallest absolute Gasteiger partial charge is 0.227 e. The zero-order chi connectivity index (χ0) is 17.0. The van der Waals surface area contributed by atoms with E-state index in [1.807, 2.05) is 21.6 Å². The molecule has 0 atom stereocenters. The highest BCUT2D eigenvalue weighted by molar-refractivity contribution is 8.76. The fourth-order valence-corrected chi connectivity index (χ4v) is 5.27. The molecule has 2 rings (SSSR count). The predicted molar refractivity (Wildman–Crippen MR) is 108 cm³/mol. The molecule has 0 bridgehead atoms. The number of nitrogens with zero attached hydrogens (tertiary/aromatic N) is 1. The van der Waals surface area contributed by atoms with Gasteiger partial charge in [-0.2, -0.15) is 0 Å². The molecule has 0 N–H and O–H groups in total. The largest absolute Gasteiger partial charge is 0.444 e. The summed E-state index contributed by atoms with van der Waals surface area (Å²) in [5.41, 5.74) is 2.40. The first-order valence-corrected chi connectivity index (χ1v) is 11.4. The van der Waals surface area contributed by atoms with E-state index in [4.69, 9.17) is 4.42 Å². The topological polar surface area (TPSA) is 26.0 Å². The van der Waals surface area contributed by atoms with Crippen LogP contribution in [-0.4, -0.2) is 10.7 Å². The van der Waals surface area contributed by atoms with Crippen molar-refractivity contribution in [3.8, 4) is 11.5 Å². The summed E-state index contributed by atoms with van der Waals surface area (Å²) < 4.78 is 5.48. The van der Waals surface area contributed by atoms with E-state index < -0.39 is 0 Å². The minimum atomic E-state index is 0.717. The summed E-state index contributed by atoms with van der Waals surface area (Å²) in [4.78, 5) is 5.58. The molecule has 2 aromatic rings. The third-order valence-corrected chi connectivity index (χ3v) is 6.73. The van der Waals surface area contributed by atoms with Gasteiger partial charge in [-0.15, -0.1) is 0 Å². The number of benzene rings is 1. The molecule has 1 aromatic carbocycles. The van der Waals surface area contributed by atoms with Crippen molar-refractivity contribution in [1.82, 2.24) is 4.98 Å². The molecule has 0 spiro atoms. The maximum Gasteiger partial charge on any atom is 0.227 e. The molecule has 0 unspecified atom stereocenters. The van der Waals surface area contributed by atoms with Gasteiger partial charge in [0.15, 0.2) is 0 Å². The van der Waals surface area contributed by atoms with Gasteiger partial charge in [0, 0.05) is 10.6 Å². The molecule has 24 heavy (non-hydrogen) atoms. The first-order chi connectivity index (χ1) is 11.8. The Balaban J connectivity index is 1.68. The monoisotopic (exact) mass is 363 g/mol. The van der Waals surface area contributed by atoms with Gasteiger partial charge in [0.25, 0.3) is 0 Å². The Labute approximate surface area is 154 Å². The Morgan fingerprint density at radius 2 is 1.75 bits per heavy atom. The summed E-state index contributed by atoms with van der Waals surface area (Å²) in [5.74, 6) is 1.92. The van der Waals surface area contributed by atoms with Gasteiger partial charge < -0.3 is 4.42 Å². The molecule has 2 nitrogen and oxygen atoms in total. The Morgan fingerprint density at radius 3 is 2.46 bits per heavy atom. The van der Waals surface area contributed by atoms with Crippen LogP contribution in [0.5, 0.6) is 0 Å². The van der Waals surface area contributed by atoms with Crippen LogP contribution in [0.2, 0.25) is 0 Å². The van der Waals surface area contributed by atoms with Crippen molar-refractivity contribution in [2.24, 2.45) is 0 Å². The molecule has 0 fully saturated rings. The van der Waals surface area contributed by atoms with Crippen LogP contribution < -0.4 is 0 Å². The molecule has 1 heterocycles. The minimum absolute atomic E-state index is 0.717. The Kier molecular flexibility index (Phi) is 9.44. The second kappa shape index (κ2) is 11.6. The van der Waals surface area contributed by atoms with E-state index in [-0.39, 0.29) is 0 Å². The van der Waals surface area contributed by atoms with Crippen molar-refractivity contribution in [3.05, 3.63) is 36.2 Å². The Hall–Kier alpha value is -0.870. The van der Waals surface area contributed by atoms with Gasteiger partial charge in [0.05, 0.1) is 11.8 Å². The highest BCUT2D eigenvalue weighted by Gasteiger charge is 2.12. The second-order valence-electron chi connectivity index (χ2n) is 6.17. The van der Waals surface area contributed by atoms with Crippen LogP contribution in [0.25, 0.3) is 11.5 Å². The summed E-state index contributed by atoms with van der Waals surface area (Å²) >= 11 is 0. The number of oxazole rings is 1. The molecule has 0 saturated heterocycles. The molecular formula is C20H29NOS2. The van der Waals surface area contributed by atoms with Gasteiger partial charge >= 0.3 is 0 Å². The van der Waals surface area contributed by atoms with Gasteiger partial charge in [-0.25, -0.2) is 4.98 Å². The third-order valence-electron chi connectivity index (χ3n) is 4.10. The lowest BCUT2D eigenvalue weighted by atomic mass is 10.1. The SMILES string of the molecule is CCCCCCCCCCSSc1c(C)cccc1-c1ncco1. The van der Waals surface area contributed by atoms with E-state index in [9.17, 15) is 0 Å². The average molecular weight is 364 g/mol. The highest BCUT2D eigenvalue weighted by Crippen LogP contribution is 2.40.